The van der Waals surface area contributed by atoms with E-state index in [9.17, 15) is 13.2 Å². The van der Waals surface area contributed by atoms with Gasteiger partial charge in [0.05, 0.1) is 11.4 Å². The average molecular weight is 373 g/mol. The molecule has 2 aromatic carbocycles. The minimum absolute atomic E-state index is 0.210. The Labute approximate surface area is 154 Å². The molecule has 0 aromatic heterocycles. The number of benzene rings is 2. The number of fused-ring (bicyclic) bond motifs is 1. The summed E-state index contributed by atoms with van der Waals surface area (Å²) >= 11 is 0. The normalized spacial score (nSPS) is 13.3. The van der Waals surface area contributed by atoms with Crippen molar-refractivity contribution >= 4 is 27.3 Å². The van der Waals surface area contributed by atoms with Crippen molar-refractivity contribution in [2.24, 2.45) is 0 Å². The van der Waals surface area contributed by atoms with Crippen LogP contribution in [0.2, 0.25) is 0 Å². The monoisotopic (exact) mass is 373 g/mol. The van der Waals surface area contributed by atoms with Crippen LogP contribution < -0.4 is 14.9 Å². The Bertz CT molecular complexity index is 906. The molecular formula is C19H23N3O3S. The van der Waals surface area contributed by atoms with Gasteiger partial charge < -0.3 is 10.2 Å². The molecule has 2 aromatic rings. The second-order valence-corrected chi connectivity index (χ2v) is 8.37. The quantitative estimate of drug-likeness (QED) is 0.813. The van der Waals surface area contributed by atoms with E-state index in [0.29, 0.717) is 5.69 Å². The molecular weight excluding hydrogens is 350 g/mol. The fourth-order valence-corrected chi connectivity index (χ4v) is 4.04. The van der Waals surface area contributed by atoms with Gasteiger partial charge in [-0.2, -0.15) is 0 Å². The Kier molecular flexibility index (Phi) is 5.29. The molecule has 1 aliphatic rings. The first-order valence-electron chi connectivity index (χ1n) is 8.54. The van der Waals surface area contributed by atoms with Crippen LogP contribution in [0.5, 0.6) is 0 Å². The molecule has 0 saturated heterocycles. The van der Waals surface area contributed by atoms with Gasteiger partial charge in [-0.25, -0.2) is 13.1 Å². The van der Waals surface area contributed by atoms with Gasteiger partial charge in [0.1, 0.15) is 0 Å². The fourth-order valence-electron chi connectivity index (χ4n) is 3.01. The van der Waals surface area contributed by atoms with E-state index in [0.717, 1.165) is 30.5 Å². The number of sulfonamides is 1. The maximum Gasteiger partial charge on any atom is 0.241 e. The van der Waals surface area contributed by atoms with Crippen molar-refractivity contribution in [2.75, 3.05) is 30.9 Å². The van der Waals surface area contributed by atoms with E-state index < -0.39 is 15.9 Å². The number of amides is 1. The van der Waals surface area contributed by atoms with Crippen LogP contribution in [0.1, 0.15) is 17.5 Å². The van der Waals surface area contributed by atoms with Crippen LogP contribution in [-0.2, 0) is 27.7 Å². The molecule has 6 nitrogen and oxygen atoms in total. The molecule has 138 valence electrons. The first-order valence-corrected chi connectivity index (χ1v) is 10.0. The van der Waals surface area contributed by atoms with Gasteiger partial charge in [-0.05, 0) is 66.8 Å². The van der Waals surface area contributed by atoms with E-state index in [-0.39, 0.29) is 11.4 Å². The molecule has 26 heavy (non-hydrogen) atoms. The SMILES string of the molecule is CN(C)c1ccc(NC(=O)CNS(=O)(=O)c2ccc3c(c2)CCC3)cc1. The third-order valence-electron chi connectivity index (χ3n) is 4.47. The fraction of sp³-hybridized carbons (Fsp3) is 0.316. The first kappa shape index (κ1) is 18.4. The highest BCUT2D eigenvalue weighted by Crippen LogP contribution is 2.24. The molecule has 0 saturated carbocycles. The maximum absolute atomic E-state index is 12.4. The number of carbonyl (C=O) groups excluding carboxylic acids is 1. The summed E-state index contributed by atoms with van der Waals surface area (Å²) in [5.74, 6) is -0.410. The lowest BCUT2D eigenvalue weighted by molar-refractivity contribution is -0.115. The summed E-state index contributed by atoms with van der Waals surface area (Å²) in [6.45, 7) is -0.311. The minimum atomic E-state index is -3.70. The van der Waals surface area contributed by atoms with Gasteiger partial charge in [0, 0.05) is 25.5 Å². The van der Waals surface area contributed by atoms with Crippen molar-refractivity contribution in [3.05, 3.63) is 53.6 Å². The van der Waals surface area contributed by atoms with Gasteiger partial charge in [0.25, 0.3) is 0 Å². The molecule has 3 rings (SSSR count). The number of nitrogens with one attached hydrogen (secondary N) is 2. The number of carbonyl (C=O) groups is 1. The Morgan fingerprint density at radius 3 is 2.42 bits per heavy atom. The molecule has 0 bridgehead atoms. The van der Waals surface area contributed by atoms with Crippen molar-refractivity contribution in [3.63, 3.8) is 0 Å². The lowest BCUT2D eigenvalue weighted by Gasteiger charge is -2.13. The average Bonchev–Trinajstić information content (AvgIpc) is 3.08. The highest BCUT2D eigenvalue weighted by molar-refractivity contribution is 7.89. The number of anilines is 2. The lowest BCUT2D eigenvalue weighted by atomic mass is 10.1. The topological polar surface area (TPSA) is 78.5 Å². The molecule has 0 radical (unpaired) electrons. The summed E-state index contributed by atoms with van der Waals surface area (Å²) in [7, 11) is 0.159. The van der Waals surface area contributed by atoms with E-state index in [2.05, 4.69) is 10.0 Å². The van der Waals surface area contributed by atoms with Crippen LogP contribution in [0.15, 0.2) is 47.4 Å². The number of hydrogen-bond donors (Lipinski definition) is 2. The number of rotatable bonds is 6. The Morgan fingerprint density at radius 2 is 1.73 bits per heavy atom. The van der Waals surface area contributed by atoms with Gasteiger partial charge >= 0.3 is 0 Å². The van der Waals surface area contributed by atoms with Crippen LogP contribution in [0.25, 0.3) is 0 Å². The third kappa shape index (κ3) is 4.23. The van der Waals surface area contributed by atoms with E-state index in [4.69, 9.17) is 0 Å². The van der Waals surface area contributed by atoms with Crippen molar-refractivity contribution in [1.29, 1.82) is 0 Å². The largest absolute Gasteiger partial charge is 0.378 e. The second-order valence-electron chi connectivity index (χ2n) is 6.60. The maximum atomic E-state index is 12.4. The highest BCUT2D eigenvalue weighted by atomic mass is 32.2. The van der Waals surface area contributed by atoms with E-state index in [1.165, 1.54) is 5.56 Å². The molecule has 1 aliphatic carbocycles. The lowest BCUT2D eigenvalue weighted by Crippen LogP contribution is -2.33. The molecule has 0 unspecified atom stereocenters. The summed E-state index contributed by atoms with van der Waals surface area (Å²) in [5.41, 5.74) is 3.93. The van der Waals surface area contributed by atoms with Gasteiger partial charge in [-0.3, -0.25) is 4.79 Å². The predicted octanol–water partition coefficient (Wildman–Crippen LogP) is 2.16. The van der Waals surface area contributed by atoms with Gasteiger partial charge in [-0.1, -0.05) is 6.07 Å². The van der Waals surface area contributed by atoms with Gasteiger partial charge in [0.15, 0.2) is 0 Å². The summed E-state index contributed by atoms with van der Waals surface area (Å²) < 4.78 is 27.2. The Balaban J connectivity index is 1.59. The molecule has 0 heterocycles. The molecule has 1 amide bonds. The number of aryl methyl sites for hydroxylation is 2. The zero-order valence-corrected chi connectivity index (χ0v) is 15.8. The Morgan fingerprint density at radius 1 is 1.04 bits per heavy atom. The summed E-state index contributed by atoms with van der Waals surface area (Å²) in [4.78, 5) is 14.2. The second kappa shape index (κ2) is 7.47. The zero-order chi connectivity index (χ0) is 18.7. The molecule has 7 heteroatoms. The van der Waals surface area contributed by atoms with Crippen LogP contribution >= 0.6 is 0 Å². The van der Waals surface area contributed by atoms with Crippen LogP contribution in [0.3, 0.4) is 0 Å². The van der Waals surface area contributed by atoms with E-state index >= 15 is 0 Å². The van der Waals surface area contributed by atoms with E-state index in [1.54, 1.807) is 24.3 Å². The molecule has 0 fully saturated rings. The van der Waals surface area contributed by atoms with E-state index in [1.807, 2.05) is 37.2 Å². The molecule has 0 aliphatic heterocycles. The number of hydrogen-bond acceptors (Lipinski definition) is 4. The van der Waals surface area contributed by atoms with Crippen molar-refractivity contribution in [3.8, 4) is 0 Å². The third-order valence-corrected chi connectivity index (χ3v) is 5.87. The number of nitrogens with zero attached hydrogens (tertiary/aromatic N) is 1. The molecule has 0 spiro atoms. The first-order chi connectivity index (χ1) is 12.3. The van der Waals surface area contributed by atoms with Crippen molar-refractivity contribution in [2.45, 2.75) is 24.2 Å². The summed E-state index contributed by atoms with van der Waals surface area (Å²) in [5, 5.41) is 2.69. The Hall–Kier alpha value is -2.38. The van der Waals surface area contributed by atoms with Crippen molar-refractivity contribution in [1.82, 2.24) is 4.72 Å². The van der Waals surface area contributed by atoms with Crippen LogP contribution in [-0.4, -0.2) is 35.0 Å². The minimum Gasteiger partial charge on any atom is -0.378 e. The zero-order valence-electron chi connectivity index (χ0n) is 15.0. The summed E-state index contributed by atoms with van der Waals surface area (Å²) in [6.07, 6.45) is 2.96. The summed E-state index contributed by atoms with van der Waals surface area (Å²) in [6, 6.07) is 12.5. The predicted molar refractivity (Wildman–Crippen MR) is 103 cm³/mol. The van der Waals surface area contributed by atoms with Crippen LogP contribution in [0.4, 0.5) is 11.4 Å². The highest BCUT2D eigenvalue weighted by Gasteiger charge is 2.19. The smallest absolute Gasteiger partial charge is 0.241 e. The van der Waals surface area contributed by atoms with Gasteiger partial charge in [0.2, 0.25) is 15.9 Å². The molecule has 0 atom stereocenters. The van der Waals surface area contributed by atoms with Crippen LogP contribution in [0, 0.1) is 0 Å². The molecule has 2 N–H and O–H groups in total. The standard InChI is InChI=1S/C19H23N3O3S/c1-22(2)17-9-7-16(8-10-17)21-19(23)13-20-26(24,25)18-11-6-14-4-3-5-15(14)12-18/h6-12,20H,3-5,13H2,1-2H3,(H,21,23). The van der Waals surface area contributed by atoms with Gasteiger partial charge in [-0.15, -0.1) is 0 Å². The van der Waals surface area contributed by atoms with Crippen molar-refractivity contribution < 1.29 is 13.2 Å².